The normalized spacial score (nSPS) is 13.2. The van der Waals surface area contributed by atoms with Crippen molar-refractivity contribution >= 4 is 14.0 Å². The second-order valence-corrected chi connectivity index (χ2v) is 12.9. The monoisotopic (exact) mass is 262 g/mol. The molecule has 0 atom stereocenters. The van der Waals surface area contributed by atoms with E-state index in [1.807, 2.05) is 0 Å². The topological polar surface area (TPSA) is 0 Å². The minimum absolute atomic E-state index is 0.420. The second-order valence-electron chi connectivity index (χ2n) is 7.98. The third-order valence-electron chi connectivity index (χ3n) is 3.76. The first-order valence-electron chi connectivity index (χ1n) is 7.02. The minimum Gasteiger partial charge on any atom is -0.0625 e. The highest BCUT2D eigenvalue weighted by Crippen LogP contribution is 2.42. The van der Waals surface area contributed by atoms with Crippen molar-refractivity contribution in [2.75, 3.05) is 0 Å². The molecule has 1 aromatic rings. The molecule has 0 aliphatic heterocycles. The van der Waals surface area contributed by atoms with Gasteiger partial charge in [0.2, 0.25) is 0 Å². The fraction of sp³-hybridized carbons (Fsp3) is 0.647. The molecule has 1 heteroatoms. The molecule has 0 N–H and O–H groups in total. The van der Waals surface area contributed by atoms with Crippen LogP contribution in [0.1, 0.15) is 58.2 Å². The molecule has 1 rings (SSSR count). The van der Waals surface area contributed by atoms with Gasteiger partial charge >= 0.3 is 0 Å². The molecule has 0 unspecified atom stereocenters. The fourth-order valence-electron chi connectivity index (χ4n) is 3.81. The van der Waals surface area contributed by atoms with Crippen LogP contribution in [0.5, 0.6) is 0 Å². The molecular weight excluding hydrogens is 232 g/mol. The molecule has 0 radical (unpaired) electrons. The van der Waals surface area contributed by atoms with E-state index in [0.29, 0.717) is 10.1 Å². The molecule has 0 aliphatic carbocycles. The zero-order valence-corrected chi connectivity index (χ0v) is 14.9. The minimum atomic E-state index is -1.07. The van der Waals surface area contributed by atoms with E-state index >= 15 is 0 Å². The number of hydrogen-bond donors (Lipinski definition) is 0. The zero-order chi connectivity index (χ0) is 14.3. The van der Waals surface area contributed by atoms with Crippen molar-refractivity contribution in [1.82, 2.24) is 0 Å². The summed E-state index contributed by atoms with van der Waals surface area (Å²) in [5.74, 6) is 0. The highest BCUT2D eigenvalue weighted by molar-refractivity contribution is 6.79. The predicted molar refractivity (Wildman–Crippen MR) is 86.9 cm³/mol. The molecule has 18 heavy (non-hydrogen) atoms. The summed E-state index contributed by atoms with van der Waals surface area (Å²) in [7, 11) is -1.07. The predicted octanol–water partition coefficient (Wildman–Crippen LogP) is 4.65. The van der Waals surface area contributed by atoms with Crippen LogP contribution in [0.3, 0.4) is 0 Å². The third-order valence-corrected chi connectivity index (χ3v) is 8.71. The Morgan fingerprint density at radius 2 is 1.06 bits per heavy atom. The van der Waals surface area contributed by atoms with Crippen LogP contribution in [-0.4, -0.2) is 8.80 Å². The summed E-state index contributed by atoms with van der Waals surface area (Å²) in [6, 6.07) is 4.72. The average molecular weight is 263 g/mol. The Hall–Kier alpha value is -0.563. The van der Waals surface area contributed by atoms with Crippen LogP contribution < -0.4 is 5.19 Å². The molecule has 0 heterocycles. The van der Waals surface area contributed by atoms with Crippen LogP contribution in [0, 0.1) is 20.8 Å². The fourth-order valence-corrected chi connectivity index (χ4v) is 9.22. The molecule has 0 amide bonds. The van der Waals surface area contributed by atoms with E-state index in [1.165, 1.54) is 16.7 Å². The maximum atomic E-state index is 2.42. The Morgan fingerprint density at radius 3 is 1.33 bits per heavy atom. The Morgan fingerprint density at radius 1 is 0.722 bits per heavy atom. The van der Waals surface area contributed by atoms with Crippen molar-refractivity contribution in [3.63, 3.8) is 0 Å². The molecule has 0 nitrogen and oxygen atoms in total. The molecule has 0 aliphatic rings. The van der Waals surface area contributed by atoms with Crippen molar-refractivity contribution in [2.45, 2.75) is 72.4 Å². The summed E-state index contributed by atoms with van der Waals surface area (Å²) in [5, 5.41) is 2.53. The van der Waals surface area contributed by atoms with Gasteiger partial charge in [-0.3, -0.25) is 0 Å². The SMILES string of the molecule is Cc1cc(C)c([SiH](C(C)(C)C)C(C)(C)C)c(C)c1. The molecule has 0 spiro atoms. The summed E-state index contributed by atoms with van der Waals surface area (Å²) in [5.41, 5.74) is 4.41. The molecule has 0 fully saturated rings. The Labute approximate surface area is 115 Å². The second kappa shape index (κ2) is 4.84. The molecular formula is C17H30Si. The zero-order valence-electron chi connectivity index (χ0n) is 13.7. The molecule has 102 valence electrons. The summed E-state index contributed by atoms with van der Waals surface area (Å²) in [6.07, 6.45) is 0. The first-order valence-corrected chi connectivity index (χ1v) is 8.75. The first kappa shape index (κ1) is 15.5. The number of rotatable bonds is 1. The van der Waals surface area contributed by atoms with E-state index in [4.69, 9.17) is 0 Å². The van der Waals surface area contributed by atoms with Crippen LogP contribution >= 0.6 is 0 Å². The maximum absolute atomic E-state index is 2.42. The van der Waals surface area contributed by atoms with Crippen molar-refractivity contribution in [3.8, 4) is 0 Å². The van der Waals surface area contributed by atoms with Gasteiger partial charge in [0, 0.05) is 0 Å². The standard InChI is InChI=1S/C17H30Si/c1-12-10-13(2)15(14(3)11-12)18(16(4,5)6)17(7,8)9/h10-11,18H,1-9H3. The summed E-state index contributed by atoms with van der Waals surface area (Å²) in [4.78, 5) is 0. The van der Waals surface area contributed by atoms with Crippen LogP contribution in [0.25, 0.3) is 0 Å². The lowest BCUT2D eigenvalue weighted by atomic mass is 10.1. The number of benzene rings is 1. The van der Waals surface area contributed by atoms with Gasteiger partial charge in [-0.15, -0.1) is 0 Å². The Bertz CT molecular complexity index is 393. The van der Waals surface area contributed by atoms with Gasteiger partial charge in [-0.2, -0.15) is 0 Å². The molecule has 0 saturated carbocycles. The van der Waals surface area contributed by atoms with E-state index < -0.39 is 8.80 Å². The van der Waals surface area contributed by atoms with Crippen LogP contribution in [0.2, 0.25) is 10.1 Å². The van der Waals surface area contributed by atoms with E-state index in [2.05, 4.69) is 74.4 Å². The van der Waals surface area contributed by atoms with Crippen LogP contribution in [-0.2, 0) is 0 Å². The Kier molecular flexibility index (Phi) is 4.17. The molecule has 0 aromatic heterocycles. The lowest BCUT2D eigenvalue weighted by Gasteiger charge is -2.41. The highest BCUT2D eigenvalue weighted by Gasteiger charge is 2.39. The first-order chi connectivity index (χ1) is 7.94. The number of aryl methyl sites for hydroxylation is 3. The van der Waals surface area contributed by atoms with E-state index in [9.17, 15) is 0 Å². The molecule has 1 aromatic carbocycles. The van der Waals surface area contributed by atoms with Gasteiger partial charge in [0.05, 0.1) is 8.80 Å². The average Bonchev–Trinajstić information content (AvgIpc) is 2.06. The lowest BCUT2D eigenvalue weighted by Crippen LogP contribution is -2.48. The van der Waals surface area contributed by atoms with E-state index in [-0.39, 0.29) is 0 Å². The van der Waals surface area contributed by atoms with Gasteiger partial charge in [0.15, 0.2) is 0 Å². The largest absolute Gasteiger partial charge is 0.0821 e. The van der Waals surface area contributed by atoms with Crippen molar-refractivity contribution in [2.24, 2.45) is 0 Å². The highest BCUT2D eigenvalue weighted by atomic mass is 28.3. The van der Waals surface area contributed by atoms with Crippen LogP contribution in [0.15, 0.2) is 12.1 Å². The summed E-state index contributed by atoms with van der Waals surface area (Å²) < 4.78 is 0. The quantitative estimate of drug-likeness (QED) is 0.647. The third kappa shape index (κ3) is 3.26. The van der Waals surface area contributed by atoms with Gasteiger partial charge in [0.1, 0.15) is 0 Å². The van der Waals surface area contributed by atoms with E-state index in [0.717, 1.165) is 0 Å². The summed E-state index contributed by atoms with van der Waals surface area (Å²) in [6.45, 7) is 21.3. The Balaban J connectivity index is 3.50. The van der Waals surface area contributed by atoms with Crippen molar-refractivity contribution in [3.05, 3.63) is 28.8 Å². The lowest BCUT2D eigenvalue weighted by molar-refractivity contribution is 0.653. The molecule has 0 saturated heterocycles. The molecule has 0 bridgehead atoms. The van der Waals surface area contributed by atoms with Gasteiger partial charge in [-0.05, 0) is 30.8 Å². The van der Waals surface area contributed by atoms with Gasteiger partial charge in [-0.25, -0.2) is 0 Å². The van der Waals surface area contributed by atoms with Gasteiger partial charge in [0.25, 0.3) is 0 Å². The van der Waals surface area contributed by atoms with Gasteiger partial charge in [-0.1, -0.05) is 75.6 Å². The van der Waals surface area contributed by atoms with Crippen molar-refractivity contribution in [1.29, 1.82) is 0 Å². The smallest absolute Gasteiger partial charge is 0.0625 e. The van der Waals surface area contributed by atoms with Crippen LogP contribution in [0.4, 0.5) is 0 Å². The number of hydrogen-bond acceptors (Lipinski definition) is 0. The maximum Gasteiger partial charge on any atom is 0.0821 e. The van der Waals surface area contributed by atoms with E-state index in [1.54, 1.807) is 5.19 Å². The van der Waals surface area contributed by atoms with Gasteiger partial charge < -0.3 is 0 Å². The van der Waals surface area contributed by atoms with Crippen molar-refractivity contribution < 1.29 is 0 Å². The summed E-state index contributed by atoms with van der Waals surface area (Å²) >= 11 is 0.